The number of ether oxygens (including phenoxy) is 2. The SMILES string of the molecule is Cc1cc(-n2ccc(OCCC3(C(F)(F)F)CC3)n2)nc2c1C(=O)N(C)S(=O)(=O)c1ccc(cc1)OCCCCC1CCN2C1. The number of hydrogen-bond acceptors (Lipinski definition) is 8. The lowest BCUT2D eigenvalue weighted by Crippen LogP contribution is -2.35. The molecule has 5 heterocycles. The molecule has 2 fully saturated rings. The highest BCUT2D eigenvalue weighted by Crippen LogP contribution is 2.59. The summed E-state index contributed by atoms with van der Waals surface area (Å²) in [7, 11) is -2.95. The topological polar surface area (TPSA) is 107 Å². The van der Waals surface area contributed by atoms with Crippen molar-refractivity contribution in [3.63, 3.8) is 0 Å². The van der Waals surface area contributed by atoms with E-state index in [1.807, 2.05) is 4.90 Å². The molecule has 1 saturated heterocycles. The Bertz CT molecular complexity index is 1670. The molecule has 1 atom stereocenters. The van der Waals surface area contributed by atoms with Gasteiger partial charge < -0.3 is 14.4 Å². The molecular formula is C31H36F3N5O5S. The second kappa shape index (κ2) is 11.8. The van der Waals surface area contributed by atoms with Gasteiger partial charge in [-0.1, -0.05) is 0 Å². The van der Waals surface area contributed by atoms with Crippen LogP contribution in [0.25, 0.3) is 5.82 Å². The van der Waals surface area contributed by atoms with Crippen LogP contribution in [-0.2, 0) is 10.0 Å². The number of carbonyl (C=O) groups is 1. The molecule has 45 heavy (non-hydrogen) atoms. The zero-order chi connectivity index (χ0) is 32.0. The molecule has 3 aromatic rings. The van der Waals surface area contributed by atoms with E-state index in [1.165, 1.54) is 23.9 Å². The fourth-order valence-corrected chi connectivity index (χ4v) is 7.16. The molecule has 1 aromatic carbocycles. The lowest BCUT2D eigenvalue weighted by molar-refractivity contribution is -0.190. The van der Waals surface area contributed by atoms with E-state index in [9.17, 15) is 26.4 Å². The van der Waals surface area contributed by atoms with E-state index in [-0.39, 0.29) is 42.2 Å². The van der Waals surface area contributed by atoms with E-state index in [0.717, 1.165) is 30.0 Å². The van der Waals surface area contributed by atoms with Crippen molar-refractivity contribution in [3.05, 3.63) is 53.7 Å². The van der Waals surface area contributed by atoms with Crippen LogP contribution in [0.2, 0.25) is 0 Å². The predicted molar refractivity (Wildman–Crippen MR) is 159 cm³/mol. The second-order valence-electron chi connectivity index (χ2n) is 12.2. The summed E-state index contributed by atoms with van der Waals surface area (Å²) in [6.07, 6.45) is 1.13. The third-order valence-electron chi connectivity index (χ3n) is 9.11. The molecule has 1 saturated carbocycles. The fraction of sp³-hybridized carbons (Fsp3) is 0.516. The zero-order valence-corrected chi connectivity index (χ0v) is 26.0. The quantitative estimate of drug-likeness (QED) is 0.356. The van der Waals surface area contributed by atoms with E-state index >= 15 is 0 Å². The number of hydrogen-bond donors (Lipinski definition) is 0. The number of carbonyl (C=O) groups excluding carboxylic acids is 1. The van der Waals surface area contributed by atoms with Crippen LogP contribution in [0.3, 0.4) is 0 Å². The summed E-state index contributed by atoms with van der Waals surface area (Å²) >= 11 is 0. The second-order valence-corrected chi connectivity index (χ2v) is 14.1. The first-order chi connectivity index (χ1) is 21.4. The van der Waals surface area contributed by atoms with Gasteiger partial charge in [0.2, 0.25) is 5.88 Å². The number of nitrogens with zero attached hydrogens (tertiary/aromatic N) is 5. The molecule has 10 nitrogen and oxygen atoms in total. The average molecular weight is 648 g/mol. The van der Waals surface area contributed by atoms with E-state index in [0.29, 0.717) is 48.6 Å². The monoisotopic (exact) mass is 647 g/mol. The van der Waals surface area contributed by atoms with Gasteiger partial charge in [-0.3, -0.25) is 4.79 Å². The van der Waals surface area contributed by atoms with Crippen molar-refractivity contribution in [2.75, 3.05) is 38.3 Å². The Morgan fingerprint density at radius 1 is 1.11 bits per heavy atom. The normalized spacial score (nSPS) is 21.3. The van der Waals surface area contributed by atoms with Gasteiger partial charge in [0, 0.05) is 32.4 Å². The van der Waals surface area contributed by atoms with Gasteiger partial charge >= 0.3 is 6.18 Å². The molecule has 4 bridgehead atoms. The molecule has 14 heteroatoms. The highest BCUT2D eigenvalue weighted by molar-refractivity contribution is 7.89. The van der Waals surface area contributed by atoms with Crippen molar-refractivity contribution in [2.45, 2.75) is 62.9 Å². The van der Waals surface area contributed by atoms with Crippen molar-refractivity contribution in [2.24, 2.45) is 11.3 Å². The average Bonchev–Trinajstić information content (AvgIpc) is 3.42. The summed E-state index contributed by atoms with van der Waals surface area (Å²) in [5.41, 5.74) is -0.973. The van der Waals surface area contributed by atoms with Crippen LogP contribution >= 0.6 is 0 Å². The maximum absolute atomic E-state index is 14.0. The Morgan fingerprint density at radius 2 is 1.87 bits per heavy atom. The smallest absolute Gasteiger partial charge is 0.394 e. The Labute approximate surface area is 260 Å². The Kier molecular flexibility index (Phi) is 8.21. The maximum Gasteiger partial charge on any atom is 0.394 e. The summed E-state index contributed by atoms with van der Waals surface area (Å²) < 4.78 is 80.5. The summed E-state index contributed by atoms with van der Waals surface area (Å²) in [5, 5.41) is 4.38. The number of sulfonamides is 1. The molecule has 1 unspecified atom stereocenters. The highest BCUT2D eigenvalue weighted by atomic mass is 32.2. The lowest BCUT2D eigenvalue weighted by atomic mass is 10.0. The highest BCUT2D eigenvalue weighted by Gasteiger charge is 2.62. The van der Waals surface area contributed by atoms with Crippen molar-refractivity contribution in [3.8, 4) is 17.4 Å². The van der Waals surface area contributed by atoms with Gasteiger partial charge in [-0.2, -0.15) is 13.2 Å². The number of halogens is 3. The van der Waals surface area contributed by atoms with Gasteiger partial charge in [-0.15, -0.1) is 5.10 Å². The summed E-state index contributed by atoms with van der Waals surface area (Å²) in [6.45, 7) is 3.42. The van der Waals surface area contributed by atoms with Gasteiger partial charge in [-0.05, 0) is 93.7 Å². The minimum Gasteiger partial charge on any atom is -0.494 e. The van der Waals surface area contributed by atoms with Gasteiger partial charge in [0.15, 0.2) is 5.82 Å². The van der Waals surface area contributed by atoms with Gasteiger partial charge in [0.05, 0.1) is 29.1 Å². The standard InChI is InChI=1S/C31H36F3N5O5S/c1-21-19-25(39-16-11-26(36-39)44-18-14-30(12-13-30)31(32,33)34)35-28-27(21)29(40)37(2)45(41,42)24-8-6-23(7-9-24)43-17-4-3-5-22-10-15-38(28)20-22/h6-9,11,16,19,22H,3-5,10,12-15,17-18,20H2,1-2H3. The minimum atomic E-state index is -4.25. The number of anilines is 1. The van der Waals surface area contributed by atoms with Crippen molar-refractivity contribution in [1.82, 2.24) is 19.1 Å². The third kappa shape index (κ3) is 6.21. The van der Waals surface area contributed by atoms with E-state index in [4.69, 9.17) is 14.5 Å². The predicted octanol–water partition coefficient (Wildman–Crippen LogP) is 5.54. The van der Waals surface area contributed by atoms with Crippen LogP contribution in [-0.4, -0.2) is 72.9 Å². The van der Waals surface area contributed by atoms with Crippen molar-refractivity contribution < 1.29 is 35.9 Å². The number of benzene rings is 1. The number of rotatable bonds is 5. The molecular weight excluding hydrogens is 611 g/mol. The minimum absolute atomic E-state index is 0.0352. The first-order valence-electron chi connectivity index (χ1n) is 15.2. The molecule has 1 amide bonds. The van der Waals surface area contributed by atoms with Gasteiger partial charge in [-0.25, -0.2) is 22.4 Å². The number of pyridine rings is 1. The van der Waals surface area contributed by atoms with Crippen molar-refractivity contribution >= 4 is 21.7 Å². The number of amides is 1. The van der Waals surface area contributed by atoms with Crippen LogP contribution in [0.4, 0.5) is 19.0 Å². The number of aryl methyl sites for hydroxylation is 1. The molecule has 0 spiro atoms. The molecule has 242 valence electrons. The summed E-state index contributed by atoms with van der Waals surface area (Å²) in [4.78, 5) is 20.8. The lowest BCUT2D eigenvalue weighted by Gasteiger charge is -2.25. The van der Waals surface area contributed by atoms with Crippen LogP contribution in [0.1, 0.15) is 60.9 Å². The van der Waals surface area contributed by atoms with Crippen LogP contribution in [0.5, 0.6) is 11.6 Å². The first-order valence-corrected chi connectivity index (χ1v) is 16.6. The Balaban J connectivity index is 1.31. The molecule has 2 aromatic heterocycles. The molecule has 3 aliphatic heterocycles. The molecule has 0 radical (unpaired) electrons. The van der Waals surface area contributed by atoms with E-state index < -0.39 is 27.5 Å². The van der Waals surface area contributed by atoms with Crippen LogP contribution in [0, 0.1) is 18.3 Å². The van der Waals surface area contributed by atoms with Crippen LogP contribution in [0.15, 0.2) is 47.5 Å². The first kappa shape index (κ1) is 31.2. The van der Waals surface area contributed by atoms with E-state index in [2.05, 4.69) is 5.10 Å². The summed E-state index contributed by atoms with van der Waals surface area (Å²) in [6, 6.07) is 9.23. The molecule has 1 aliphatic carbocycles. The largest absolute Gasteiger partial charge is 0.494 e. The Hall–Kier alpha value is -3.81. The number of fused-ring (bicyclic) bond motifs is 8. The van der Waals surface area contributed by atoms with Gasteiger partial charge in [0.25, 0.3) is 15.9 Å². The maximum atomic E-state index is 14.0. The van der Waals surface area contributed by atoms with Gasteiger partial charge in [0.1, 0.15) is 11.6 Å². The zero-order valence-electron chi connectivity index (χ0n) is 25.2. The third-order valence-corrected chi connectivity index (χ3v) is 10.9. The molecule has 7 rings (SSSR count). The fourth-order valence-electron chi connectivity index (χ4n) is 6.06. The summed E-state index contributed by atoms with van der Waals surface area (Å²) in [5.74, 6) is 1.12. The molecule has 0 N–H and O–H groups in total. The number of alkyl halides is 3. The van der Waals surface area contributed by atoms with Crippen molar-refractivity contribution in [1.29, 1.82) is 0 Å². The Morgan fingerprint density at radius 3 is 2.58 bits per heavy atom. The number of aromatic nitrogens is 3. The molecule has 4 aliphatic rings. The van der Waals surface area contributed by atoms with E-state index in [1.54, 1.807) is 37.4 Å². The van der Waals surface area contributed by atoms with Crippen LogP contribution < -0.4 is 14.4 Å².